The number of halogens is 1. The number of rotatable bonds is 6. The molecule has 0 aliphatic carbocycles. The largest absolute Gasteiger partial charge is 0.490 e. The lowest BCUT2D eigenvalue weighted by molar-refractivity contribution is -0.114. The highest BCUT2D eigenvalue weighted by Gasteiger charge is 1.99. The Bertz CT molecular complexity index is 599. The smallest absolute Gasteiger partial charge is 0.221 e. The molecule has 2 aromatic rings. The average Bonchev–Trinajstić information content (AvgIpc) is 2.45. The van der Waals surface area contributed by atoms with Gasteiger partial charge in [0.1, 0.15) is 30.5 Å². The van der Waals surface area contributed by atoms with Crippen molar-refractivity contribution in [3.63, 3.8) is 0 Å². The Balaban J connectivity index is 1.78. The van der Waals surface area contributed by atoms with Gasteiger partial charge in [0.2, 0.25) is 5.91 Å². The van der Waals surface area contributed by atoms with Crippen molar-refractivity contribution < 1.29 is 18.7 Å². The fourth-order valence-corrected chi connectivity index (χ4v) is 1.72. The van der Waals surface area contributed by atoms with Crippen molar-refractivity contribution in [1.82, 2.24) is 0 Å². The third-order valence-corrected chi connectivity index (χ3v) is 2.59. The predicted molar refractivity (Wildman–Crippen MR) is 78.1 cm³/mol. The van der Waals surface area contributed by atoms with Gasteiger partial charge in [0.15, 0.2) is 0 Å². The van der Waals surface area contributed by atoms with Gasteiger partial charge < -0.3 is 14.8 Å². The molecule has 0 aromatic heterocycles. The number of hydrogen-bond acceptors (Lipinski definition) is 3. The van der Waals surface area contributed by atoms with Crippen LogP contribution in [0.3, 0.4) is 0 Å². The molecule has 21 heavy (non-hydrogen) atoms. The minimum Gasteiger partial charge on any atom is -0.490 e. The van der Waals surface area contributed by atoms with Crippen molar-refractivity contribution in [1.29, 1.82) is 0 Å². The van der Waals surface area contributed by atoms with Gasteiger partial charge in [-0.05, 0) is 36.4 Å². The Morgan fingerprint density at radius 1 is 1.05 bits per heavy atom. The summed E-state index contributed by atoms with van der Waals surface area (Å²) < 4.78 is 23.7. The van der Waals surface area contributed by atoms with Crippen LogP contribution in [0.4, 0.5) is 10.1 Å². The van der Waals surface area contributed by atoms with Crippen molar-refractivity contribution >= 4 is 11.6 Å². The lowest BCUT2D eigenvalue weighted by Gasteiger charge is -2.09. The molecular weight excluding hydrogens is 273 g/mol. The minimum absolute atomic E-state index is 0.133. The first kappa shape index (κ1) is 14.8. The SMILES string of the molecule is CC(=O)Nc1cccc(OCCOc2ccc(F)cc2)c1. The second-order valence-corrected chi connectivity index (χ2v) is 4.36. The van der Waals surface area contributed by atoms with E-state index in [1.807, 2.05) is 0 Å². The van der Waals surface area contributed by atoms with Crippen molar-refractivity contribution in [3.05, 3.63) is 54.3 Å². The first-order chi connectivity index (χ1) is 10.1. The van der Waals surface area contributed by atoms with Gasteiger partial charge in [0.05, 0.1) is 0 Å². The molecule has 1 N–H and O–H groups in total. The van der Waals surface area contributed by atoms with Crippen molar-refractivity contribution in [2.75, 3.05) is 18.5 Å². The van der Waals surface area contributed by atoms with Gasteiger partial charge in [0, 0.05) is 18.7 Å². The van der Waals surface area contributed by atoms with E-state index in [2.05, 4.69) is 5.32 Å². The summed E-state index contributed by atoms with van der Waals surface area (Å²) in [6.45, 7) is 2.14. The van der Waals surface area contributed by atoms with E-state index in [1.165, 1.54) is 19.1 Å². The van der Waals surface area contributed by atoms with E-state index >= 15 is 0 Å². The van der Waals surface area contributed by atoms with Crippen molar-refractivity contribution in [3.8, 4) is 11.5 Å². The monoisotopic (exact) mass is 289 g/mol. The van der Waals surface area contributed by atoms with E-state index < -0.39 is 0 Å². The highest BCUT2D eigenvalue weighted by Crippen LogP contribution is 2.17. The Morgan fingerprint density at radius 2 is 1.71 bits per heavy atom. The van der Waals surface area contributed by atoms with Gasteiger partial charge in [0.25, 0.3) is 0 Å². The van der Waals surface area contributed by atoms with Gasteiger partial charge in [-0.25, -0.2) is 4.39 Å². The summed E-state index contributed by atoms with van der Waals surface area (Å²) in [5.41, 5.74) is 0.680. The number of amides is 1. The molecule has 2 rings (SSSR count). The maximum Gasteiger partial charge on any atom is 0.221 e. The molecule has 0 unspecified atom stereocenters. The van der Waals surface area contributed by atoms with Crippen LogP contribution < -0.4 is 14.8 Å². The summed E-state index contributed by atoms with van der Waals surface area (Å²) in [6, 6.07) is 12.9. The van der Waals surface area contributed by atoms with Crippen LogP contribution in [0.5, 0.6) is 11.5 Å². The summed E-state index contributed by atoms with van der Waals surface area (Å²) in [7, 11) is 0. The second-order valence-electron chi connectivity index (χ2n) is 4.36. The zero-order valence-electron chi connectivity index (χ0n) is 11.6. The minimum atomic E-state index is -0.298. The van der Waals surface area contributed by atoms with Crippen LogP contribution in [0, 0.1) is 5.82 Å². The van der Waals surface area contributed by atoms with Gasteiger partial charge in [-0.2, -0.15) is 0 Å². The van der Waals surface area contributed by atoms with Crippen LogP contribution >= 0.6 is 0 Å². The van der Waals surface area contributed by atoms with Crippen LogP contribution in [0.25, 0.3) is 0 Å². The third-order valence-electron chi connectivity index (χ3n) is 2.59. The van der Waals surface area contributed by atoms with Crippen LogP contribution in [0.1, 0.15) is 6.92 Å². The molecule has 0 aliphatic rings. The highest BCUT2D eigenvalue weighted by atomic mass is 19.1. The van der Waals surface area contributed by atoms with E-state index in [-0.39, 0.29) is 11.7 Å². The summed E-state index contributed by atoms with van der Waals surface area (Å²) >= 11 is 0. The van der Waals surface area contributed by atoms with Crippen LogP contribution in [-0.2, 0) is 4.79 Å². The van der Waals surface area contributed by atoms with Crippen LogP contribution in [0.2, 0.25) is 0 Å². The topological polar surface area (TPSA) is 47.6 Å². The lowest BCUT2D eigenvalue weighted by atomic mass is 10.3. The molecule has 0 heterocycles. The summed E-state index contributed by atoms with van der Waals surface area (Å²) in [5.74, 6) is 0.802. The first-order valence-electron chi connectivity index (χ1n) is 6.52. The van der Waals surface area contributed by atoms with E-state index in [1.54, 1.807) is 36.4 Å². The Kier molecular flexibility index (Phi) is 5.15. The van der Waals surface area contributed by atoms with E-state index in [0.717, 1.165) is 0 Å². The molecule has 0 atom stereocenters. The third kappa shape index (κ3) is 5.14. The van der Waals surface area contributed by atoms with Gasteiger partial charge in [-0.3, -0.25) is 4.79 Å². The quantitative estimate of drug-likeness (QED) is 0.830. The van der Waals surface area contributed by atoms with Gasteiger partial charge in [-0.15, -0.1) is 0 Å². The summed E-state index contributed by atoms with van der Waals surface area (Å²) in [5, 5.41) is 2.68. The van der Waals surface area contributed by atoms with E-state index in [9.17, 15) is 9.18 Å². The Hall–Kier alpha value is -2.56. The second kappa shape index (κ2) is 7.28. The van der Waals surface area contributed by atoms with Crippen molar-refractivity contribution in [2.45, 2.75) is 6.92 Å². The van der Waals surface area contributed by atoms with Crippen LogP contribution in [-0.4, -0.2) is 19.1 Å². The Labute approximate surface area is 122 Å². The number of ether oxygens (including phenoxy) is 2. The summed E-state index contributed by atoms with van der Waals surface area (Å²) in [6.07, 6.45) is 0. The van der Waals surface area contributed by atoms with Crippen molar-refractivity contribution in [2.24, 2.45) is 0 Å². The fraction of sp³-hybridized carbons (Fsp3) is 0.188. The molecule has 0 saturated heterocycles. The lowest BCUT2D eigenvalue weighted by Crippen LogP contribution is -2.09. The average molecular weight is 289 g/mol. The van der Waals surface area contributed by atoms with E-state index in [4.69, 9.17) is 9.47 Å². The highest BCUT2D eigenvalue weighted by molar-refractivity contribution is 5.88. The molecule has 1 amide bonds. The van der Waals surface area contributed by atoms with Gasteiger partial charge >= 0.3 is 0 Å². The van der Waals surface area contributed by atoms with Gasteiger partial charge in [-0.1, -0.05) is 6.07 Å². The molecule has 0 bridgehead atoms. The number of nitrogens with one attached hydrogen (secondary N) is 1. The normalized spacial score (nSPS) is 10.0. The van der Waals surface area contributed by atoms with Crippen LogP contribution in [0.15, 0.2) is 48.5 Å². The maximum absolute atomic E-state index is 12.7. The Morgan fingerprint density at radius 3 is 2.38 bits per heavy atom. The molecule has 4 nitrogen and oxygen atoms in total. The number of carbonyl (C=O) groups excluding carboxylic acids is 1. The number of benzene rings is 2. The molecular formula is C16H16FNO3. The molecule has 0 radical (unpaired) electrons. The zero-order chi connectivity index (χ0) is 15.1. The molecule has 0 saturated carbocycles. The number of carbonyl (C=O) groups is 1. The summed E-state index contributed by atoms with van der Waals surface area (Å²) in [4.78, 5) is 11.0. The zero-order valence-corrected chi connectivity index (χ0v) is 11.6. The maximum atomic E-state index is 12.7. The molecule has 0 fully saturated rings. The molecule has 110 valence electrons. The fourth-order valence-electron chi connectivity index (χ4n) is 1.72. The molecule has 2 aromatic carbocycles. The first-order valence-corrected chi connectivity index (χ1v) is 6.52. The molecule has 0 spiro atoms. The molecule has 5 heteroatoms. The number of hydrogen-bond donors (Lipinski definition) is 1. The van der Waals surface area contributed by atoms with E-state index in [0.29, 0.717) is 30.4 Å². The number of anilines is 1. The molecule has 0 aliphatic heterocycles. The standard InChI is InChI=1S/C16H16FNO3/c1-12(19)18-14-3-2-4-16(11-14)21-10-9-20-15-7-5-13(17)6-8-15/h2-8,11H,9-10H2,1H3,(H,18,19). The predicted octanol–water partition coefficient (Wildman–Crippen LogP) is 3.24.